The van der Waals surface area contributed by atoms with Gasteiger partial charge in [0.25, 0.3) is 0 Å². The predicted octanol–water partition coefficient (Wildman–Crippen LogP) is 0.812. The number of hydrogen-bond acceptors (Lipinski definition) is 6. The molecule has 0 saturated carbocycles. The zero-order chi connectivity index (χ0) is 18.0. The Hall–Kier alpha value is -0.960. The molecule has 0 radical (unpaired) electrons. The Kier molecular flexibility index (Phi) is 6.36. The van der Waals surface area contributed by atoms with Gasteiger partial charge in [-0.15, -0.1) is 0 Å². The van der Waals surface area contributed by atoms with Crippen LogP contribution in [0.15, 0.2) is 0 Å². The van der Waals surface area contributed by atoms with Crippen LogP contribution in [0.2, 0.25) is 0 Å². The zero-order valence-electron chi connectivity index (χ0n) is 12.0. The zero-order valence-corrected chi connectivity index (χ0v) is 13.8. The van der Waals surface area contributed by atoms with E-state index in [1.807, 2.05) is 0 Å². The van der Waals surface area contributed by atoms with Gasteiger partial charge in [0.2, 0.25) is 0 Å². The number of carboxylic acids is 1. The van der Waals surface area contributed by atoms with E-state index < -0.39 is 50.8 Å². The molecule has 0 atom stereocenters. The summed E-state index contributed by atoms with van der Waals surface area (Å²) in [5.74, 6) is -1.60. The van der Waals surface area contributed by atoms with Gasteiger partial charge in [-0.1, -0.05) is 0 Å². The maximum absolute atomic E-state index is 11.5. The Labute approximate surface area is 125 Å². The molecule has 0 unspecified atom stereocenters. The number of carbonyl (C=O) groups is 2. The number of ether oxygens (including phenoxy) is 2. The minimum atomic E-state index is -5.75. The van der Waals surface area contributed by atoms with Gasteiger partial charge in [0.05, 0.1) is 6.42 Å². The fourth-order valence-corrected chi connectivity index (χ4v) is 3.86. The molecule has 0 fully saturated rings. The maximum atomic E-state index is 11.5. The monoisotopic (exact) mass is 364 g/mol. The van der Waals surface area contributed by atoms with Gasteiger partial charge in [-0.3, -0.25) is 13.9 Å². The maximum Gasteiger partial charge on any atom is 0.510 e. The highest BCUT2D eigenvalue weighted by Gasteiger charge is 2.64. The molecule has 13 heteroatoms. The molecule has 0 aliphatic heterocycles. The van der Waals surface area contributed by atoms with Crippen molar-refractivity contribution in [2.24, 2.45) is 0 Å². The van der Waals surface area contributed by atoms with Crippen molar-refractivity contribution >= 4 is 27.3 Å². The molecule has 22 heavy (non-hydrogen) atoms. The molecule has 11 nitrogen and oxygen atoms in total. The summed E-state index contributed by atoms with van der Waals surface area (Å²) in [6.45, 7) is 4.13. The Morgan fingerprint density at radius 1 is 0.955 bits per heavy atom. The average molecular weight is 364 g/mol. The third-order valence-corrected chi connectivity index (χ3v) is 6.22. The second kappa shape index (κ2) is 6.66. The molecule has 0 aromatic heterocycles. The molecule has 0 aliphatic carbocycles. The van der Waals surface area contributed by atoms with E-state index in [1.165, 1.54) is 20.8 Å². The van der Waals surface area contributed by atoms with E-state index in [9.17, 15) is 38.3 Å². The van der Waals surface area contributed by atoms with Crippen LogP contribution in [0.1, 0.15) is 33.6 Å². The van der Waals surface area contributed by atoms with Crippen molar-refractivity contribution in [3.05, 3.63) is 0 Å². The average Bonchev–Trinajstić information content (AvgIpc) is 2.17. The Bertz CT molecular complexity index is 500. The van der Waals surface area contributed by atoms with Crippen molar-refractivity contribution in [1.29, 1.82) is 0 Å². The first-order valence-electron chi connectivity index (χ1n) is 5.77. The lowest BCUT2D eigenvalue weighted by Crippen LogP contribution is -2.38. The molecular formula is C9H18O11P2. The van der Waals surface area contributed by atoms with E-state index in [0.29, 0.717) is 0 Å². The second-order valence-corrected chi connectivity index (χ2v) is 9.27. The fourth-order valence-electron chi connectivity index (χ4n) is 1.30. The minimum Gasteiger partial charge on any atom is -0.481 e. The first-order chi connectivity index (χ1) is 9.52. The van der Waals surface area contributed by atoms with Gasteiger partial charge in [0, 0.05) is 6.42 Å². The molecule has 0 aromatic rings. The van der Waals surface area contributed by atoms with E-state index >= 15 is 0 Å². The first-order valence-corrected chi connectivity index (χ1v) is 8.99. The third kappa shape index (κ3) is 5.68. The summed E-state index contributed by atoms with van der Waals surface area (Å²) in [5.41, 5.74) is -1.17. The topological polar surface area (TPSA) is 188 Å². The van der Waals surface area contributed by atoms with E-state index in [-0.39, 0.29) is 0 Å². The van der Waals surface area contributed by atoms with Gasteiger partial charge in [-0.2, -0.15) is 0 Å². The summed E-state index contributed by atoms with van der Waals surface area (Å²) in [4.78, 5) is 58.9. The highest BCUT2D eigenvalue weighted by atomic mass is 31.2. The molecule has 130 valence electrons. The third-order valence-electron chi connectivity index (χ3n) is 2.21. The number of hydrogen-bond donors (Lipinski definition) is 5. The molecule has 0 spiro atoms. The summed E-state index contributed by atoms with van der Waals surface area (Å²) < 4.78 is 31.8. The van der Waals surface area contributed by atoms with Crippen molar-refractivity contribution in [3.8, 4) is 0 Å². The molecule has 0 bridgehead atoms. The van der Waals surface area contributed by atoms with Crippen LogP contribution >= 0.6 is 15.2 Å². The Morgan fingerprint density at radius 3 is 1.64 bits per heavy atom. The highest BCUT2D eigenvalue weighted by Crippen LogP contribution is 2.71. The molecular weight excluding hydrogens is 346 g/mol. The quantitative estimate of drug-likeness (QED) is 0.331. The lowest BCUT2D eigenvalue weighted by molar-refractivity contribution is -0.137. The SMILES string of the molecule is CC(C)(C)OC(=O)OC(CCC(=O)O)(P(=O)(O)O)P(=O)(O)O. The number of carbonyl (C=O) groups excluding carboxylic acids is 1. The van der Waals surface area contributed by atoms with E-state index in [4.69, 9.17) is 5.11 Å². The smallest absolute Gasteiger partial charge is 0.481 e. The van der Waals surface area contributed by atoms with Crippen LogP contribution < -0.4 is 0 Å². The van der Waals surface area contributed by atoms with E-state index in [0.717, 1.165) is 0 Å². The van der Waals surface area contributed by atoms with Crippen LogP contribution in [0.25, 0.3) is 0 Å². The summed E-state index contributed by atoms with van der Waals surface area (Å²) in [6, 6.07) is 0. The summed E-state index contributed by atoms with van der Waals surface area (Å²) in [7, 11) is -11.5. The number of aliphatic carboxylic acids is 1. The molecule has 0 aromatic carbocycles. The van der Waals surface area contributed by atoms with Crippen molar-refractivity contribution in [2.45, 2.75) is 44.3 Å². The summed E-state index contributed by atoms with van der Waals surface area (Å²) in [5, 5.41) is 4.93. The van der Waals surface area contributed by atoms with Crippen molar-refractivity contribution in [2.75, 3.05) is 0 Å². The van der Waals surface area contributed by atoms with Crippen LogP contribution in [-0.4, -0.2) is 47.5 Å². The molecule has 0 aliphatic rings. The second-order valence-electron chi connectivity index (χ2n) is 5.29. The number of carboxylic acid groups (broad SMARTS) is 1. The lowest BCUT2D eigenvalue weighted by Gasteiger charge is -2.33. The van der Waals surface area contributed by atoms with Gasteiger partial charge in [-0.05, 0) is 20.8 Å². The molecule has 0 amide bonds. The molecule has 0 saturated heterocycles. The summed E-state index contributed by atoms with van der Waals surface area (Å²) >= 11 is 0. The Morgan fingerprint density at radius 2 is 1.36 bits per heavy atom. The molecule has 0 rings (SSSR count). The van der Waals surface area contributed by atoms with Crippen LogP contribution in [0.5, 0.6) is 0 Å². The minimum absolute atomic E-state index is 1.06. The molecule has 0 heterocycles. The van der Waals surface area contributed by atoms with Gasteiger partial charge in [0.1, 0.15) is 5.60 Å². The Balaban J connectivity index is 5.76. The van der Waals surface area contributed by atoms with Crippen molar-refractivity contribution in [3.63, 3.8) is 0 Å². The predicted molar refractivity (Wildman–Crippen MR) is 71.0 cm³/mol. The van der Waals surface area contributed by atoms with Gasteiger partial charge >= 0.3 is 32.4 Å². The van der Waals surface area contributed by atoms with Gasteiger partial charge in [-0.25, -0.2) is 4.79 Å². The fraction of sp³-hybridized carbons (Fsp3) is 0.778. The number of rotatable bonds is 6. The van der Waals surface area contributed by atoms with Gasteiger partial charge in [0.15, 0.2) is 0 Å². The van der Waals surface area contributed by atoms with E-state index in [1.54, 1.807) is 0 Å². The highest BCUT2D eigenvalue weighted by molar-refractivity contribution is 7.72. The van der Waals surface area contributed by atoms with E-state index in [2.05, 4.69) is 9.47 Å². The first kappa shape index (κ1) is 21.0. The largest absolute Gasteiger partial charge is 0.510 e. The van der Waals surface area contributed by atoms with Crippen LogP contribution in [0, 0.1) is 0 Å². The van der Waals surface area contributed by atoms with Gasteiger partial charge < -0.3 is 34.2 Å². The van der Waals surface area contributed by atoms with Crippen LogP contribution in [0.4, 0.5) is 4.79 Å². The molecule has 5 N–H and O–H groups in total. The normalized spacial score (nSPS) is 13.6. The van der Waals surface area contributed by atoms with Crippen LogP contribution in [0.3, 0.4) is 0 Å². The lowest BCUT2D eigenvalue weighted by atomic mass is 10.2. The van der Waals surface area contributed by atoms with Crippen molar-refractivity contribution in [1.82, 2.24) is 0 Å². The van der Waals surface area contributed by atoms with Crippen LogP contribution in [-0.2, 0) is 23.4 Å². The summed E-state index contributed by atoms with van der Waals surface area (Å²) in [6.07, 6.45) is -4.10. The van der Waals surface area contributed by atoms with Crippen molar-refractivity contribution < 1.29 is 52.9 Å². The standard InChI is InChI=1S/C9H18O11P2/c1-8(2,3)19-7(12)20-9(21(13,14)15,22(16,17)18)5-4-6(10)11/h4-5H2,1-3H3,(H,10,11)(H2,13,14,15)(H2,16,17,18).